The first-order valence-electron chi connectivity index (χ1n) is 5.55. The van der Waals surface area contributed by atoms with Crippen molar-refractivity contribution >= 4 is 27.6 Å². The molecular formula is C11H19BrN4. The minimum Gasteiger partial charge on any atom is -0.369 e. The van der Waals surface area contributed by atoms with Gasteiger partial charge in [0.2, 0.25) is 0 Å². The van der Waals surface area contributed by atoms with E-state index in [0.29, 0.717) is 6.04 Å². The quantitative estimate of drug-likeness (QED) is 0.904. The molecule has 0 radical (unpaired) electrons. The van der Waals surface area contributed by atoms with E-state index in [1.54, 1.807) is 6.33 Å². The van der Waals surface area contributed by atoms with Gasteiger partial charge in [0.15, 0.2) is 0 Å². The summed E-state index contributed by atoms with van der Waals surface area (Å²) in [7, 11) is 2.03. The van der Waals surface area contributed by atoms with E-state index >= 15 is 0 Å². The molecule has 0 bridgehead atoms. The van der Waals surface area contributed by atoms with Crippen LogP contribution in [0, 0.1) is 0 Å². The fourth-order valence-electron chi connectivity index (χ4n) is 1.22. The molecule has 0 fully saturated rings. The number of hydrogen-bond acceptors (Lipinski definition) is 4. The summed E-state index contributed by atoms with van der Waals surface area (Å²) >= 11 is 3.55. The number of rotatable bonds is 5. The molecule has 0 amide bonds. The Bertz CT molecular complexity index is 341. The second-order valence-electron chi connectivity index (χ2n) is 3.99. The van der Waals surface area contributed by atoms with Gasteiger partial charge in [0.25, 0.3) is 0 Å². The van der Waals surface area contributed by atoms with Gasteiger partial charge in [-0.1, -0.05) is 6.92 Å². The Labute approximate surface area is 106 Å². The zero-order valence-corrected chi connectivity index (χ0v) is 11.9. The van der Waals surface area contributed by atoms with Gasteiger partial charge in [-0.05, 0) is 36.2 Å². The van der Waals surface area contributed by atoms with Crippen LogP contribution in [-0.4, -0.2) is 29.6 Å². The van der Waals surface area contributed by atoms with E-state index in [1.807, 2.05) is 7.05 Å². The smallest absolute Gasteiger partial charge is 0.148 e. The molecule has 0 aliphatic carbocycles. The average Bonchev–Trinajstić information content (AvgIpc) is 2.26. The van der Waals surface area contributed by atoms with Crippen LogP contribution in [0.2, 0.25) is 0 Å². The van der Waals surface area contributed by atoms with E-state index in [1.165, 1.54) is 0 Å². The molecular weight excluding hydrogens is 268 g/mol. The van der Waals surface area contributed by atoms with Crippen LogP contribution in [0.5, 0.6) is 0 Å². The Morgan fingerprint density at radius 2 is 2.12 bits per heavy atom. The van der Waals surface area contributed by atoms with Crippen molar-refractivity contribution in [1.82, 2.24) is 9.97 Å². The summed E-state index contributed by atoms with van der Waals surface area (Å²) < 4.78 is 0.930. The third-order valence-corrected chi connectivity index (χ3v) is 3.15. The second-order valence-corrected chi connectivity index (χ2v) is 4.78. The Kier molecular flexibility index (Phi) is 4.99. The highest BCUT2D eigenvalue weighted by molar-refractivity contribution is 9.10. The van der Waals surface area contributed by atoms with Gasteiger partial charge in [-0.2, -0.15) is 0 Å². The van der Waals surface area contributed by atoms with Crippen molar-refractivity contribution in [2.75, 3.05) is 23.8 Å². The molecule has 0 atom stereocenters. The largest absolute Gasteiger partial charge is 0.369 e. The predicted molar refractivity (Wildman–Crippen MR) is 72.1 cm³/mol. The SMILES string of the molecule is CCCNc1ncnc(N(C)C(C)C)c1Br. The van der Waals surface area contributed by atoms with Gasteiger partial charge in [0.1, 0.15) is 22.4 Å². The lowest BCUT2D eigenvalue weighted by Crippen LogP contribution is -2.27. The summed E-state index contributed by atoms with van der Waals surface area (Å²) in [6, 6.07) is 0.408. The lowest BCUT2D eigenvalue weighted by molar-refractivity contribution is 0.739. The summed E-state index contributed by atoms with van der Waals surface area (Å²) in [5.74, 6) is 1.78. The molecule has 4 nitrogen and oxygen atoms in total. The van der Waals surface area contributed by atoms with Crippen LogP contribution in [0.3, 0.4) is 0 Å². The molecule has 0 aliphatic rings. The number of hydrogen-bond donors (Lipinski definition) is 1. The third kappa shape index (κ3) is 3.07. The highest BCUT2D eigenvalue weighted by Gasteiger charge is 2.13. The average molecular weight is 287 g/mol. The monoisotopic (exact) mass is 286 g/mol. The molecule has 1 aromatic heterocycles. The number of nitrogens with one attached hydrogen (secondary N) is 1. The number of anilines is 2. The normalized spacial score (nSPS) is 10.6. The zero-order valence-electron chi connectivity index (χ0n) is 10.3. The summed E-state index contributed by atoms with van der Waals surface area (Å²) in [5.41, 5.74) is 0. The van der Waals surface area contributed by atoms with Crippen LogP contribution in [-0.2, 0) is 0 Å². The molecule has 0 aromatic carbocycles. The molecule has 0 aliphatic heterocycles. The molecule has 90 valence electrons. The van der Waals surface area contributed by atoms with Gasteiger partial charge < -0.3 is 10.2 Å². The van der Waals surface area contributed by atoms with Crippen LogP contribution >= 0.6 is 15.9 Å². The van der Waals surface area contributed by atoms with Crippen molar-refractivity contribution in [3.63, 3.8) is 0 Å². The Morgan fingerprint density at radius 1 is 1.44 bits per heavy atom. The minimum atomic E-state index is 0.408. The minimum absolute atomic E-state index is 0.408. The van der Waals surface area contributed by atoms with Crippen LogP contribution in [0.1, 0.15) is 27.2 Å². The van der Waals surface area contributed by atoms with Crippen molar-refractivity contribution in [2.45, 2.75) is 33.2 Å². The molecule has 1 heterocycles. The van der Waals surface area contributed by atoms with Crippen molar-refractivity contribution in [3.8, 4) is 0 Å². The van der Waals surface area contributed by atoms with E-state index in [4.69, 9.17) is 0 Å². The zero-order chi connectivity index (χ0) is 12.1. The van der Waals surface area contributed by atoms with E-state index < -0.39 is 0 Å². The van der Waals surface area contributed by atoms with Gasteiger partial charge in [-0.3, -0.25) is 0 Å². The van der Waals surface area contributed by atoms with E-state index in [2.05, 4.69) is 56.9 Å². The maximum atomic E-state index is 4.30. The molecule has 5 heteroatoms. The van der Waals surface area contributed by atoms with Crippen molar-refractivity contribution < 1.29 is 0 Å². The Balaban J connectivity index is 2.94. The maximum absolute atomic E-state index is 4.30. The Morgan fingerprint density at radius 3 is 2.69 bits per heavy atom. The number of nitrogens with zero attached hydrogens (tertiary/aromatic N) is 3. The summed E-state index contributed by atoms with van der Waals surface area (Å²) in [4.78, 5) is 10.6. The first-order valence-corrected chi connectivity index (χ1v) is 6.34. The first-order chi connectivity index (χ1) is 7.57. The standard InChI is InChI=1S/C11H19BrN4/c1-5-6-13-10-9(12)11(15-7-14-10)16(4)8(2)3/h7-8H,5-6H2,1-4H3,(H,13,14,15). The lowest BCUT2D eigenvalue weighted by Gasteiger charge is -2.24. The van der Waals surface area contributed by atoms with Gasteiger partial charge in [0, 0.05) is 19.6 Å². The summed E-state index contributed by atoms with van der Waals surface area (Å²) in [5, 5.41) is 3.27. The van der Waals surface area contributed by atoms with Crippen LogP contribution in [0.15, 0.2) is 10.8 Å². The van der Waals surface area contributed by atoms with Gasteiger partial charge in [-0.25, -0.2) is 9.97 Å². The second kappa shape index (κ2) is 6.03. The first kappa shape index (κ1) is 13.2. The summed E-state index contributed by atoms with van der Waals surface area (Å²) in [6.45, 7) is 7.31. The maximum Gasteiger partial charge on any atom is 0.148 e. The predicted octanol–water partition coefficient (Wildman–Crippen LogP) is 2.91. The van der Waals surface area contributed by atoms with Crippen LogP contribution < -0.4 is 10.2 Å². The van der Waals surface area contributed by atoms with Crippen LogP contribution in [0.4, 0.5) is 11.6 Å². The fourth-order valence-corrected chi connectivity index (χ4v) is 1.84. The fraction of sp³-hybridized carbons (Fsp3) is 0.636. The molecule has 0 saturated carbocycles. The van der Waals surface area contributed by atoms with Crippen molar-refractivity contribution in [2.24, 2.45) is 0 Å². The molecule has 1 N–H and O–H groups in total. The van der Waals surface area contributed by atoms with Crippen molar-refractivity contribution in [3.05, 3.63) is 10.8 Å². The van der Waals surface area contributed by atoms with E-state index in [-0.39, 0.29) is 0 Å². The highest BCUT2D eigenvalue weighted by Crippen LogP contribution is 2.29. The Hall–Kier alpha value is -0.840. The topological polar surface area (TPSA) is 41.1 Å². The molecule has 1 aromatic rings. The van der Waals surface area contributed by atoms with E-state index in [0.717, 1.165) is 29.1 Å². The lowest BCUT2D eigenvalue weighted by atomic mass is 10.3. The number of halogens is 1. The van der Waals surface area contributed by atoms with Gasteiger partial charge >= 0.3 is 0 Å². The van der Waals surface area contributed by atoms with Crippen molar-refractivity contribution in [1.29, 1.82) is 0 Å². The third-order valence-electron chi connectivity index (χ3n) is 2.42. The van der Waals surface area contributed by atoms with Crippen LogP contribution in [0.25, 0.3) is 0 Å². The summed E-state index contributed by atoms with van der Waals surface area (Å²) in [6.07, 6.45) is 2.67. The molecule has 0 unspecified atom stereocenters. The molecule has 0 spiro atoms. The highest BCUT2D eigenvalue weighted by atomic mass is 79.9. The van der Waals surface area contributed by atoms with E-state index in [9.17, 15) is 0 Å². The molecule has 16 heavy (non-hydrogen) atoms. The van der Waals surface area contributed by atoms with Gasteiger partial charge in [-0.15, -0.1) is 0 Å². The molecule has 1 rings (SSSR count). The number of aromatic nitrogens is 2. The van der Waals surface area contributed by atoms with Gasteiger partial charge in [0.05, 0.1) is 0 Å². The molecule has 0 saturated heterocycles.